The Labute approximate surface area is 232 Å². The van der Waals surface area contributed by atoms with Crippen molar-refractivity contribution in [1.82, 2.24) is 0 Å². The van der Waals surface area contributed by atoms with E-state index in [9.17, 15) is 16.8 Å². The lowest BCUT2D eigenvalue weighted by Crippen LogP contribution is -2.16. The number of anilines is 2. The van der Waals surface area contributed by atoms with Gasteiger partial charge in [0.1, 0.15) is 33.6 Å². The quantitative estimate of drug-likeness (QED) is 0.260. The number of ether oxygens (including phenoxy) is 5. The van der Waals surface area contributed by atoms with Gasteiger partial charge in [-0.25, -0.2) is 16.8 Å². The zero-order chi connectivity index (χ0) is 29.1. The summed E-state index contributed by atoms with van der Waals surface area (Å²) in [6.07, 6.45) is 0. The van der Waals surface area contributed by atoms with Crippen molar-refractivity contribution < 1.29 is 40.5 Å². The third kappa shape index (κ3) is 5.65. The van der Waals surface area contributed by atoms with Gasteiger partial charge in [0, 0.05) is 17.5 Å². The fraction of sp³-hybridized carbons (Fsp3) is 0.185. The van der Waals surface area contributed by atoms with E-state index in [1.807, 2.05) is 0 Å². The van der Waals surface area contributed by atoms with E-state index in [0.29, 0.717) is 22.6 Å². The molecule has 0 saturated carbocycles. The molecule has 11 nitrogen and oxygen atoms in total. The molecule has 0 saturated heterocycles. The maximum absolute atomic E-state index is 13.7. The molecule has 40 heavy (non-hydrogen) atoms. The maximum atomic E-state index is 13.7. The van der Waals surface area contributed by atoms with E-state index < -0.39 is 20.0 Å². The van der Waals surface area contributed by atoms with Crippen LogP contribution in [0.3, 0.4) is 0 Å². The third-order valence-corrected chi connectivity index (χ3v) is 8.82. The summed E-state index contributed by atoms with van der Waals surface area (Å²) in [5.41, 5.74) is 0.327. The topological polar surface area (TPSA) is 138 Å². The van der Waals surface area contributed by atoms with Crippen molar-refractivity contribution in [3.05, 3.63) is 66.7 Å². The minimum Gasteiger partial charge on any atom is -0.497 e. The molecule has 0 aliphatic carbocycles. The molecule has 0 heterocycles. The van der Waals surface area contributed by atoms with Crippen molar-refractivity contribution in [2.45, 2.75) is 9.79 Å². The Hall–Kier alpha value is -4.36. The first-order chi connectivity index (χ1) is 19.1. The van der Waals surface area contributed by atoms with E-state index in [1.54, 1.807) is 30.3 Å². The summed E-state index contributed by atoms with van der Waals surface area (Å²) in [5, 5.41) is 0.589. The Kier molecular flexibility index (Phi) is 8.16. The molecule has 212 valence electrons. The summed E-state index contributed by atoms with van der Waals surface area (Å²) < 4.78 is 85.3. The lowest BCUT2D eigenvalue weighted by molar-refractivity contribution is 0.403. The number of methoxy groups -OCH3 is 5. The van der Waals surface area contributed by atoms with Crippen molar-refractivity contribution in [3.63, 3.8) is 0 Å². The van der Waals surface area contributed by atoms with Gasteiger partial charge in [0.2, 0.25) is 0 Å². The fourth-order valence-electron chi connectivity index (χ4n) is 4.05. The molecule has 0 bridgehead atoms. The van der Waals surface area contributed by atoms with Gasteiger partial charge in [-0.1, -0.05) is 12.1 Å². The van der Waals surface area contributed by atoms with Crippen LogP contribution >= 0.6 is 0 Å². The summed E-state index contributed by atoms with van der Waals surface area (Å²) in [6, 6.07) is 16.5. The number of sulfonamides is 2. The van der Waals surface area contributed by atoms with Crippen LogP contribution in [0.15, 0.2) is 76.5 Å². The molecule has 0 unspecified atom stereocenters. The second-order valence-corrected chi connectivity index (χ2v) is 11.6. The van der Waals surface area contributed by atoms with Gasteiger partial charge >= 0.3 is 0 Å². The van der Waals surface area contributed by atoms with Crippen LogP contribution in [0.2, 0.25) is 0 Å². The number of fused-ring (bicyclic) bond motifs is 1. The summed E-state index contributed by atoms with van der Waals surface area (Å²) >= 11 is 0. The lowest BCUT2D eigenvalue weighted by atomic mass is 10.1. The number of rotatable bonds is 11. The second kappa shape index (κ2) is 11.4. The first-order valence-corrected chi connectivity index (χ1v) is 14.6. The van der Waals surface area contributed by atoms with Crippen LogP contribution in [0, 0.1) is 0 Å². The van der Waals surface area contributed by atoms with Gasteiger partial charge in [-0.2, -0.15) is 0 Å². The number of nitrogens with one attached hydrogen (secondary N) is 2. The van der Waals surface area contributed by atoms with Crippen molar-refractivity contribution in [1.29, 1.82) is 0 Å². The molecular weight excluding hydrogens is 560 g/mol. The molecule has 0 fully saturated rings. The van der Waals surface area contributed by atoms with E-state index >= 15 is 0 Å². The Morgan fingerprint density at radius 3 is 1.52 bits per heavy atom. The van der Waals surface area contributed by atoms with Crippen LogP contribution in [0.5, 0.6) is 28.7 Å². The zero-order valence-electron chi connectivity index (χ0n) is 22.3. The molecule has 4 rings (SSSR count). The van der Waals surface area contributed by atoms with Gasteiger partial charge in [0.15, 0.2) is 0 Å². The number of hydrogen-bond acceptors (Lipinski definition) is 9. The monoisotopic (exact) mass is 588 g/mol. The van der Waals surface area contributed by atoms with Crippen molar-refractivity contribution in [3.8, 4) is 28.7 Å². The van der Waals surface area contributed by atoms with Crippen LogP contribution < -0.4 is 33.1 Å². The highest BCUT2D eigenvalue weighted by Crippen LogP contribution is 2.38. The molecule has 0 atom stereocenters. The van der Waals surface area contributed by atoms with E-state index in [1.165, 1.54) is 71.9 Å². The molecule has 4 aromatic rings. The van der Waals surface area contributed by atoms with E-state index in [-0.39, 0.29) is 38.1 Å². The number of benzene rings is 4. The van der Waals surface area contributed by atoms with Crippen LogP contribution in [-0.4, -0.2) is 52.4 Å². The molecule has 0 aliphatic rings. The summed E-state index contributed by atoms with van der Waals surface area (Å²) in [6.45, 7) is 0. The van der Waals surface area contributed by atoms with Gasteiger partial charge < -0.3 is 23.7 Å². The molecule has 2 N–H and O–H groups in total. The predicted octanol–water partition coefficient (Wildman–Crippen LogP) is 4.48. The third-order valence-electron chi connectivity index (χ3n) is 6.01. The normalized spacial score (nSPS) is 11.5. The van der Waals surface area contributed by atoms with Crippen LogP contribution in [0.4, 0.5) is 11.4 Å². The SMILES string of the molecule is COc1ccc(OC)c(NS(=O)(=O)c2ccc3c(S(=O)(=O)Nc4cc(OC)ccc4OC)c(OC)ccc3c2)c1. The first kappa shape index (κ1) is 28.6. The molecule has 0 amide bonds. The molecule has 13 heteroatoms. The van der Waals surface area contributed by atoms with Gasteiger partial charge in [-0.15, -0.1) is 0 Å². The Bertz CT molecular complexity index is 1770. The first-order valence-electron chi connectivity index (χ1n) is 11.7. The van der Waals surface area contributed by atoms with Crippen molar-refractivity contribution >= 4 is 42.2 Å². The summed E-state index contributed by atoms with van der Waals surface area (Å²) in [5.74, 6) is 1.48. The second-order valence-electron chi connectivity index (χ2n) is 8.32. The average Bonchev–Trinajstić information content (AvgIpc) is 2.95. The minimum atomic E-state index is -4.26. The van der Waals surface area contributed by atoms with Gasteiger partial charge in [-0.3, -0.25) is 9.44 Å². The van der Waals surface area contributed by atoms with E-state index in [2.05, 4.69) is 9.44 Å². The summed E-state index contributed by atoms with van der Waals surface area (Å²) in [7, 11) is -1.27. The standard InChI is InChI=1S/C27H28N2O9S2/c1-34-18-7-12-24(36-3)22(15-18)28-39(30,31)20-9-10-21-17(14-20)6-11-26(38-5)27(21)40(32,33)29-23-16-19(35-2)8-13-25(23)37-4/h6-16,28-29H,1-5H3. The lowest BCUT2D eigenvalue weighted by Gasteiger charge is -2.17. The van der Waals surface area contributed by atoms with Gasteiger partial charge in [-0.05, 0) is 47.9 Å². The van der Waals surface area contributed by atoms with Crippen LogP contribution in [0.25, 0.3) is 10.8 Å². The Balaban J connectivity index is 1.79. The van der Waals surface area contributed by atoms with E-state index in [0.717, 1.165) is 0 Å². The fourth-order valence-corrected chi connectivity index (χ4v) is 6.59. The maximum Gasteiger partial charge on any atom is 0.266 e. The molecule has 4 aromatic carbocycles. The molecule has 0 aromatic heterocycles. The Morgan fingerprint density at radius 2 is 1.02 bits per heavy atom. The van der Waals surface area contributed by atoms with Crippen molar-refractivity contribution in [2.24, 2.45) is 0 Å². The zero-order valence-corrected chi connectivity index (χ0v) is 24.0. The summed E-state index contributed by atoms with van der Waals surface area (Å²) in [4.78, 5) is -0.274. The highest BCUT2D eigenvalue weighted by Gasteiger charge is 2.26. The van der Waals surface area contributed by atoms with Gasteiger partial charge in [0.05, 0.1) is 51.8 Å². The minimum absolute atomic E-state index is 0.0664. The molecule has 0 spiro atoms. The van der Waals surface area contributed by atoms with E-state index in [4.69, 9.17) is 23.7 Å². The predicted molar refractivity (Wildman–Crippen MR) is 151 cm³/mol. The largest absolute Gasteiger partial charge is 0.497 e. The molecule has 0 radical (unpaired) electrons. The number of hydrogen-bond donors (Lipinski definition) is 2. The van der Waals surface area contributed by atoms with Crippen molar-refractivity contribution in [2.75, 3.05) is 45.0 Å². The van der Waals surface area contributed by atoms with Crippen LogP contribution in [0.1, 0.15) is 0 Å². The Morgan fingerprint density at radius 1 is 0.525 bits per heavy atom. The van der Waals surface area contributed by atoms with Crippen LogP contribution in [-0.2, 0) is 20.0 Å². The highest BCUT2D eigenvalue weighted by molar-refractivity contribution is 7.93. The molecular formula is C27H28N2O9S2. The van der Waals surface area contributed by atoms with Gasteiger partial charge in [0.25, 0.3) is 20.0 Å². The average molecular weight is 589 g/mol. The smallest absolute Gasteiger partial charge is 0.266 e. The highest BCUT2D eigenvalue weighted by atomic mass is 32.2. The molecule has 0 aliphatic heterocycles.